The molecule has 3 rings (SSSR count). The number of nitrogens with zero attached hydrogens (tertiary/aromatic N) is 3. The van der Waals surface area contributed by atoms with Crippen LogP contribution >= 0.6 is 0 Å². The molecule has 5 nitrogen and oxygen atoms in total. The lowest BCUT2D eigenvalue weighted by molar-refractivity contribution is -0.123. The molecule has 2 heterocycles. The number of rotatable bonds is 3. The Kier molecular flexibility index (Phi) is 4.27. The Morgan fingerprint density at radius 2 is 1.73 bits per heavy atom. The van der Waals surface area contributed by atoms with Crippen LogP contribution in [0.2, 0.25) is 0 Å². The third-order valence-corrected chi connectivity index (χ3v) is 4.89. The zero-order valence-electron chi connectivity index (χ0n) is 13.2. The summed E-state index contributed by atoms with van der Waals surface area (Å²) >= 11 is 0. The van der Waals surface area contributed by atoms with Crippen LogP contribution in [0.3, 0.4) is 0 Å². The lowest BCUT2D eigenvalue weighted by Gasteiger charge is -2.37. The van der Waals surface area contributed by atoms with Gasteiger partial charge in [-0.15, -0.1) is 0 Å². The quantitative estimate of drug-likeness (QED) is 0.791. The third kappa shape index (κ3) is 2.78. The van der Waals surface area contributed by atoms with Crippen LogP contribution in [0.25, 0.3) is 0 Å². The first-order chi connectivity index (χ1) is 10.6. The number of imide groups is 1. The summed E-state index contributed by atoms with van der Waals surface area (Å²) in [5.74, 6) is -0.182. The van der Waals surface area contributed by atoms with Crippen molar-refractivity contribution in [1.29, 1.82) is 0 Å². The van der Waals surface area contributed by atoms with Gasteiger partial charge in [0.15, 0.2) is 0 Å². The SMILES string of the molecule is CN1CCC(N(C)[C@H]2CC(=O)N(c3ccccc3)C2=O)CC1. The zero-order chi connectivity index (χ0) is 15.7. The van der Waals surface area contributed by atoms with Gasteiger partial charge in [-0.25, -0.2) is 4.90 Å². The first-order valence-electron chi connectivity index (χ1n) is 7.90. The lowest BCUT2D eigenvalue weighted by Crippen LogP contribution is -2.49. The van der Waals surface area contributed by atoms with E-state index in [0.717, 1.165) is 25.9 Å². The normalized spacial score (nSPS) is 24.5. The number of benzene rings is 1. The molecule has 118 valence electrons. The highest BCUT2D eigenvalue weighted by Gasteiger charge is 2.43. The minimum Gasteiger partial charge on any atom is -0.306 e. The molecule has 0 spiro atoms. The number of likely N-dealkylation sites (N-methyl/N-ethyl adjacent to an activating group) is 1. The van der Waals surface area contributed by atoms with Crippen LogP contribution in [0.15, 0.2) is 30.3 Å². The van der Waals surface area contributed by atoms with Crippen LogP contribution in [0.4, 0.5) is 5.69 Å². The van der Waals surface area contributed by atoms with Gasteiger partial charge in [-0.2, -0.15) is 0 Å². The van der Waals surface area contributed by atoms with Crippen molar-refractivity contribution in [2.75, 3.05) is 32.1 Å². The summed E-state index contributed by atoms with van der Waals surface area (Å²) < 4.78 is 0. The molecule has 0 bridgehead atoms. The Morgan fingerprint density at radius 3 is 2.36 bits per heavy atom. The average molecular weight is 301 g/mol. The first kappa shape index (κ1) is 15.2. The molecule has 0 radical (unpaired) electrons. The molecule has 5 heteroatoms. The number of hydrogen-bond acceptors (Lipinski definition) is 4. The summed E-state index contributed by atoms with van der Waals surface area (Å²) in [5.41, 5.74) is 0.678. The molecule has 2 fully saturated rings. The van der Waals surface area contributed by atoms with Gasteiger partial charge in [0, 0.05) is 6.04 Å². The molecule has 1 aromatic carbocycles. The van der Waals surface area contributed by atoms with Gasteiger partial charge in [0.2, 0.25) is 5.91 Å². The molecule has 0 unspecified atom stereocenters. The fraction of sp³-hybridized carbons (Fsp3) is 0.529. The lowest BCUT2D eigenvalue weighted by atomic mass is 10.0. The second-order valence-corrected chi connectivity index (χ2v) is 6.32. The van der Waals surface area contributed by atoms with Crippen LogP contribution in [0, 0.1) is 0 Å². The number of carbonyl (C=O) groups excluding carboxylic acids is 2. The maximum absolute atomic E-state index is 12.7. The van der Waals surface area contributed by atoms with Crippen molar-refractivity contribution >= 4 is 17.5 Å². The molecule has 1 aromatic rings. The standard InChI is InChI=1S/C17H23N3O2/c1-18-10-8-13(9-11-18)19(2)15-12-16(21)20(17(15)22)14-6-4-3-5-7-14/h3-7,13,15H,8-12H2,1-2H3/t15-/m0/s1. The number of anilines is 1. The monoisotopic (exact) mass is 301 g/mol. The Labute approximate surface area is 131 Å². The Balaban J connectivity index is 1.73. The van der Waals surface area contributed by atoms with Gasteiger partial charge in [0.05, 0.1) is 18.2 Å². The molecule has 2 aliphatic heterocycles. The third-order valence-electron chi connectivity index (χ3n) is 4.89. The number of likely N-dealkylation sites (tertiary alicyclic amines) is 1. The predicted molar refractivity (Wildman–Crippen MR) is 85.6 cm³/mol. The second kappa shape index (κ2) is 6.18. The minimum atomic E-state index is -0.318. The Morgan fingerprint density at radius 1 is 1.09 bits per heavy atom. The van der Waals surface area contributed by atoms with Crippen molar-refractivity contribution in [3.05, 3.63) is 30.3 Å². The zero-order valence-corrected chi connectivity index (χ0v) is 13.2. The fourth-order valence-electron chi connectivity index (χ4n) is 3.44. The van der Waals surface area contributed by atoms with Gasteiger partial charge in [-0.3, -0.25) is 14.5 Å². The van der Waals surface area contributed by atoms with Crippen LogP contribution in [-0.2, 0) is 9.59 Å². The van der Waals surface area contributed by atoms with Gasteiger partial charge in [0.1, 0.15) is 0 Å². The summed E-state index contributed by atoms with van der Waals surface area (Å²) in [5, 5.41) is 0. The number of piperidine rings is 1. The van der Waals surface area contributed by atoms with Gasteiger partial charge in [0.25, 0.3) is 5.91 Å². The Hall–Kier alpha value is -1.72. The highest BCUT2D eigenvalue weighted by atomic mass is 16.2. The van der Waals surface area contributed by atoms with E-state index >= 15 is 0 Å². The molecule has 1 atom stereocenters. The molecule has 0 aliphatic carbocycles. The second-order valence-electron chi connectivity index (χ2n) is 6.32. The molecule has 2 saturated heterocycles. The van der Waals surface area contributed by atoms with E-state index in [-0.39, 0.29) is 24.3 Å². The van der Waals surface area contributed by atoms with E-state index in [1.54, 1.807) is 0 Å². The van der Waals surface area contributed by atoms with Crippen molar-refractivity contribution < 1.29 is 9.59 Å². The summed E-state index contributed by atoms with van der Waals surface area (Å²) in [7, 11) is 4.11. The highest BCUT2D eigenvalue weighted by Crippen LogP contribution is 2.27. The summed E-state index contributed by atoms with van der Waals surface area (Å²) in [4.78, 5) is 30.8. The van der Waals surface area contributed by atoms with Crippen LogP contribution in [-0.4, -0.2) is 60.9 Å². The van der Waals surface area contributed by atoms with Crippen LogP contribution in [0.5, 0.6) is 0 Å². The summed E-state index contributed by atoms with van der Waals surface area (Å²) in [6.07, 6.45) is 2.39. The van der Waals surface area contributed by atoms with E-state index in [1.165, 1.54) is 4.90 Å². The average Bonchev–Trinajstić information content (AvgIpc) is 2.83. The van der Waals surface area contributed by atoms with Gasteiger partial charge < -0.3 is 4.90 Å². The summed E-state index contributed by atoms with van der Waals surface area (Å²) in [6, 6.07) is 9.28. The molecule has 2 amide bonds. The van der Waals surface area contributed by atoms with Crippen LogP contribution < -0.4 is 4.90 Å². The van der Waals surface area contributed by atoms with Crippen molar-refractivity contribution in [3.8, 4) is 0 Å². The highest BCUT2D eigenvalue weighted by molar-refractivity contribution is 6.22. The molecular formula is C17H23N3O2. The van der Waals surface area contributed by atoms with Crippen LogP contribution in [0.1, 0.15) is 19.3 Å². The van der Waals surface area contributed by atoms with E-state index in [2.05, 4.69) is 16.8 Å². The molecule has 0 saturated carbocycles. The number of hydrogen-bond donors (Lipinski definition) is 0. The molecule has 0 aromatic heterocycles. The molecular weight excluding hydrogens is 278 g/mol. The minimum absolute atomic E-state index is 0.0855. The Bertz CT molecular complexity index is 552. The first-order valence-corrected chi connectivity index (χ1v) is 7.90. The van der Waals surface area contributed by atoms with Crippen molar-refractivity contribution in [2.24, 2.45) is 0 Å². The maximum Gasteiger partial charge on any atom is 0.251 e. The van der Waals surface area contributed by atoms with Gasteiger partial charge >= 0.3 is 0 Å². The molecule has 22 heavy (non-hydrogen) atoms. The largest absolute Gasteiger partial charge is 0.306 e. The number of carbonyl (C=O) groups is 2. The number of amides is 2. The van der Waals surface area contributed by atoms with E-state index in [9.17, 15) is 9.59 Å². The van der Waals surface area contributed by atoms with E-state index in [0.29, 0.717) is 11.7 Å². The number of para-hydroxylation sites is 1. The fourth-order valence-corrected chi connectivity index (χ4v) is 3.44. The molecule has 0 N–H and O–H groups in total. The van der Waals surface area contributed by atoms with Crippen molar-refractivity contribution in [1.82, 2.24) is 9.80 Å². The summed E-state index contributed by atoms with van der Waals surface area (Å²) in [6.45, 7) is 2.10. The topological polar surface area (TPSA) is 43.9 Å². The van der Waals surface area contributed by atoms with E-state index < -0.39 is 0 Å². The van der Waals surface area contributed by atoms with Gasteiger partial charge in [-0.05, 0) is 52.2 Å². The van der Waals surface area contributed by atoms with Gasteiger partial charge in [-0.1, -0.05) is 18.2 Å². The molecule has 2 aliphatic rings. The smallest absolute Gasteiger partial charge is 0.251 e. The van der Waals surface area contributed by atoms with Crippen molar-refractivity contribution in [3.63, 3.8) is 0 Å². The predicted octanol–water partition coefficient (Wildman–Crippen LogP) is 1.34. The maximum atomic E-state index is 12.7. The van der Waals surface area contributed by atoms with E-state index in [1.807, 2.05) is 37.4 Å². The van der Waals surface area contributed by atoms with E-state index in [4.69, 9.17) is 0 Å². The van der Waals surface area contributed by atoms with Crippen molar-refractivity contribution in [2.45, 2.75) is 31.3 Å².